The lowest BCUT2D eigenvalue weighted by atomic mass is 9.99. The SMILES string of the molecule is Cc1[nH]n(-c2ccccc2)c(=O)c1C(=O)c1ccc(C(=O)c2c(C)[nH]n(-c3ccccc3)c2=O)cc1. The number of aryl methyl sites for hydroxylation is 2. The Hall–Kier alpha value is -4.98. The van der Waals surface area contributed by atoms with Crippen LogP contribution in [0.1, 0.15) is 43.2 Å². The Bertz CT molecular complexity index is 1570. The van der Waals surface area contributed by atoms with E-state index >= 15 is 0 Å². The monoisotopic (exact) mass is 478 g/mol. The average Bonchev–Trinajstić information content (AvgIpc) is 3.38. The first kappa shape index (κ1) is 22.8. The average molecular weight is 479 g/mol. The smallest absolute Gasteiger partial charge is 0.282 e. The Morgan fingerprint density at radius 1 is 0.556 bits per heavy atom. The molecule has 0 saturated carbocycles. The van der Waals surface area contributed by atoms with Crippen LogP contribution in [0.15, 0.2) is 94.5 Å². The van der Waals surface area contributed by atoms with Crippen molar-refractivity contribution in [2.45, 2.75) is 13.8 Å². The normalized spacial score (nSPS) is 10.9. The minimum atomic E-state index is -0.452. The van der Waals surface area contributed by atoms with Crippen molar-refractivity contribution in [1.82, 2.24) is 19.6 Å². The Kier molecular flexibility index (Phi) is 5.69. The van der Waals surface area contributed by atoms with Crippen LogP contribution in [-0.4, -0.2) is 31.1 Å². The molecule has 0 saturated heterocycles. The topological polar surface area (TPSA) is 110 Å². The van der Waals surface area contributed by atoms with Gasteiger partial charge >= 0.3 is 0 Å². The zero-order valence-electron chi connectivity index (χ0n) is 19.6. The number of rotatable bonds is 6. The van der Waals surface area contributed by atoms with Gasteiger partial charge in [-0.2, -0.15) is 0 Å². The molecule has 0 amide bonds. The third-order valence-corrected chi connectivity index (χ3v) is 6.04. The summed E-state index contributed by atoms with van der Waals surface area (Å²) in [5.41, 5.74) is 1.81. The zero-order chi connectivity index (χ0) is 25.4. The fourth-order valence-electron chi connectivity index (χ4n) is 4.21. The van der Waals surface area contributed by atoms with E-state index in [2.05, 4.69) is 10.2 Å². The van der Waals surface area contributed by atoms with E-state index in [4.69, 9.17) is 0 Å². The number of benzene rings is 3. The summed E-state index contributed by atoms with van der Waals surface area (Å²) in [6.45, 7) is 3.33. The van der Waals surface area contributed by atoms with E-state index in [9.17, 15) is 19.2 Å². The zero-order valence-corrected chi connectivity index (χ0v) is 19.6. The first-order valence-electron chi connectivity index (χ1n) is 11.3. The molecule has 0 unspecified atom stereocenters. The molecule has 36 heavy (non-hydrogen) atoms. The van der Waals surface area contributed by atoms with Gasteiger partial charge in [0, 0.05) is 22.5 Å². The molecule has 0 fully saturated rings. The molecule has 0 bridgehead atoms. The number of nitrogens with one attached hydrogen (secondary N) is 2. The van der Waals surface area contributed by atoms with Gasteiger partial charge in [-0.1, -0.05) is 60.7 Å². The molecule has 2 aromatic heterocycles. The fourth-order valence-corrected chi connectivity index (χ4v) is 4.21. The highest BCUT2D eigenvalue weighted by Gasteiger charge is 2.23. The van der Waals surface area contributed by atoms with Gasteiger partial charge in [-0.3, -0.25) is 29.4 Å². The predicted molar refractivity (Wildman–Crippen MR) is 136 cm³/mol. The number of aromatic nitrogens is 4. The van der Waals surface area contributed by atoms with Crippen LogP contribution in [0.3, 0.4) is 0 Å². The minimum absolute atomic E-state index is 0.0326. The highest BCUT2D eigenvalue weighted by atomic mass is 16.2. The second-order valence-corrected chi connectivity index (χ2v) is 8.41. The largest absolute Gasteiger partial charge is 0.295 e. The number of hydrogen-bond acceptors (Lipinski definition) is 4. The number of hydrogen-bond donors (Lipinski definition) is 2. The molecule has 5 aromatic rings. The first-order valence-corrected chi connectivity index (χ1v) is 11.3. The summed E-state index contributed by atoms with van der Waals surface area (Å²) < 4.78 is 2.65. The molecule has 0 aliphatic rings. The molecule has 8 heteroatoms. The van der Waals surface area contributed by atoms with Gasteiger partial charge in [-0.25, -0.2) is 9.36 Å². The maximum Gasteiger partial charge on any atom is 0.282 e. The number of H-pyrrole nitrogens is 2. The predicted octanol–water partition coefficient (Wildman–Crippen LogP) is 3.72. The van der Waals surface area contributed by atoms with Crippen molar-refractivity contribution in [3.8, 4) is 11.4 Å². The third-order valence-electron chi connectivity index (χ3n) is 6.04. The Morgan fingerprint density at radius 3 is 1.22 bits per heavy atom. The highest BCUT2D eigenvalue weighted by Crippen LogP contribution is 2.16. The van der Waals surface area contributed by atoms with E-state index in [0.29, 0.717) is 22.8 Å². The van der Waals surface area contributed by atoms with Gasteiger partial charge in [0.25, 0.3) is 11.1 Å². The quantitative estimate of drug-likeness (QED) is 0.363. The van der Waals surface area contributed by atoms with Crippen LogP contribution < -0.4 is 11.1 Å². The molecular weight excluding hydrogens is 456 g/mol. The molecular formula is C28H22N4O4. The van der Waals surface area contributed by atoms with Gasteiger partial charge in [0.1, 0.15) is 11.1 Å². The van der Waals surface area contributed by atoms with Crippen LogP contribution in [-0.2, 0) is 0 Å². The van der Waals surface area contributed by atoms with Gasteiger partial charge < -0.3 is 0 Å². The highest BCUT2D eigenvalue weighted by molar-refractivity contribution is 6.12. The van der Waals surface area contributed by atoms with Crippen LogP contribution >= 0.6 is 0 Å². The van der Waals surface area contributed by atoms with Crippen LogP contribution in [0.2, 0.25) is 0 Å². The van der Waals surface area contributed by atoms with E-state index < -0.39 is 22.7 Å². The Balaban J connectivity index is 1.45. The number of aromatic amines is 2. The molecule has 2 heterocycles. The molecule has 0 radical (unpaired) electrons. The second kappa shape index (κ2) is 8.99. The van der Waals surface area contributed by atoms with Crippen LogP contribution in [0.4, 0.5) is 0 Å². The van der Waals surface area contributed by atoms with Gasteiger partial charge in [0.2, 0.25) is 0 Å². The Labute approximate surface area is 205 Å². The standard InChI is InChI=1S/C28H22N4O4/c1-17-23(27(35)31(29-17)21-9-5-3-6-10-21)25(33)19-13-15-20(16-14-19)26(34)24-18(2)30-32(28(24)36)22-11-7-4-8-12-22/h3-16,29-30H,1-2H3. The second-order valence-electron chi connectivity index (χ2n) is 8.41. The maximum atomic E-state index is 13.2. The molecule has 178 valence electrons. The molecule has 5 rings (SSSR count). The van der Waals surface area contributed by atoms with Gasteiger partial charge in [-0.05, 0) is 38.1 Å². The number of ketones is 2. The number of para-hydroxylation sites is 2. The van der Waals surface area contributed by atoms with E-state index in [1.165, 1.54) is 33.6 Å². The molecule has 2 N–H and O–H groups in total. The fraction of sp³-hybridized carbons (Fsp3) is 0.0714. The van der Waals surface area contributed by atoms with Crippen molar-refractivity contribution in [1.29, 1.82) is 0 Å². The summed E-state index contributed by atoms with van der Waals surface area (Å²) >= 11 is 0. The van der Waals surface area contributed by atoms with Gasteiger partial charge in [0.05, 0.1) is 11.4 Å². The van der Waals surface area contributed by atoms with E-state index in [0.717, 1.165) is 0 Å². The molecule has 0 aliphatic heterocycles. The molecule has 0 spiro atoms. The summed E-state index contributed by atoms with van der Waals surface area (Å²) in [6, 6.07) is 23.9. The summed E-state index contributed by atoms with van der Waals surface area (Å²) in [5.74, 6) is -0.904. The lowest BCUT2D eigenvalue weighted by Gasteiger charge is -2.02. The maximum absolute atomic E-state index is 13.2. The van der Waals surface area contributed by atoms with Crippen molar-refractivity contribution in [2.24, 2.45) is 0 Å². The molecule has 0 aliphatic carbocycles. The first-order chi connectivity index (χ1) is 17.4. The number of carbonyl (C=O) groups is 2. The van der Waals surface area contributed by atoms with Crippen molar-refractivity contribution >= 4 is 11.6 Å². The van der Waals surface area contributed by atoms with Crippen LogP contribution in [0, 0.1) is 13.8 Å². The number of carbonyl (C=O) groups excluding carboxylic acids is 2. The Morgan fingerprint density at radius 2 is 0.889 bits per heavy atom. The number of nitrogens with zero attached hydrogens (tertiary/aromatic N) is 2. The van der Waals surface area contributed by atoms with E-state index in [-0.39, 0.29) is 22.3 Å². The summed E-state index contributed by atoms with van der Waals surface area (Å²) in [7, 11) is 0. The third kappa shape index (κ3) is 3.84. The van der Waals surface area contributed by atoms with E-state index in [1.807, 2.05) is 12.1 Å². The molecule has 0 atom stereocenters. The summed E-state index contributed by atoms with van der Waals surface area (Å²) in [5, 5.41) is 5.90. The summed E-state index contributed by atoms with van der Waals surface area (Å²) in [6.07, 6.45) is 0. The van der Waals surface area contributed by atoms with Crippen LogP contribution in [0.5, 0.6) is 0 Å². The van der Waals surface area contributed by atoms with Crippen LogP contribution in [0.25, 0.3) is 11.4 Å². The van der Waals surface area contributed by atoms with Crippen molar-refractivity contribution in [2.75, 3.05) is 0 Å². The van der Waals surface area contributed by atoms with Gasteiger partial charge in [0.15, 0.2) is 11.6 Å². The van der Waals surface area contributed by atoms with Crippen molar-refractivity contribution < 1.29 is 9.59 Å². The molecule has 8 nitrogen and oxygen atoms in total. The minimum Gasteiger partial charge on any atom is -0.295 e. The van der Waals surface area contributed by atoms with Crippen molar-refractivity contribution in [3.05, 3.63) is 139 Å². The summed E-state index contributed by atoms with van der Waals surface area (Å²) in [4.78, 5) is 52.3. The van der Waals surface area contributed by atoms with E-state index in [1.54, 1.807) is 62.4 Å². The lowest BCUT2D eigenvalue weighted by molar-refractivity contribution is 0.102. The molecule has 3 aromatic carbocycles. The van der Waals surface area contributed by atoms with Crippen molar-refractivity contribution in [3.63, 3.8) is 0 Å². The van der Waals surface area contributed by atoms with Gasteiger partial charge in [-0.15, -0.1) is 0 Å². The lowest BCUT2D eigenvalue weighted by Crippen LogP contribution is -2.21.